The lowest BCUT2D eigenvalue weighted by Crippen LogP contribution is -2.26. The van der Waals surface area contributed by atoms with Crippen LogP contribution in [0.5, 0.6) is 0 Å². The SMILES string of the molecule is NC(=O)CSc1ccccc1C(=O)OC(C(=O)Nc1cc(Cl)cc(Cl)c1)c1ccccc1. The number of anilines is 1. The van der Waals surface area contributed by atoms with Gasteiger partial charge in [0.2, 0.25) is 12.0 Å². The van der Waals surface area contributed by atoms with Gasteiger partial charge in [-0.1, -0.05) is 65.7 Å². The maximum absolute atomic E-state index is 13.1. The summed E-state index contributed by atoms with van der Waals surface area (Å²) >= 11 is 13.1. The summed E-state index contributed by atoms with van der Waals surface area (Å²) in [5, 5.41) is 3.38. The molecule has 0 aliphatic heterocycles. The van der Waals surface area contributed by atoms with Gasteiger partial charge < -0.3 is 15.8 Å². The highest BCUT2D eigenvalue weighted by Crippen LogP contribution is 2.28. The minimum Gasteiger partial charge on any atom is -0.444 e. The molecule has 2 amide bonds. The number of hydrogen-bond donors (Lipinski definition) is 2. The van der Waals surface area contributed by atoms with Crippen LogP contribution in [0.25, 0.3) is 0 Å². The van der Waals surface area contributed by atoms with E-state index in [1.807, 2.05) is 0 Å². The molecule has 3 rings (SSSR count). The molecule has 0 saturated heterocycles. The number of benzene rings is 3. The van der Waals surface area contributed by atoms with Crippen LogP contribution in [-0.4, -0.2) is 23.5 Å². The summed E-state index contributed by atoms with van der Waals surface area (Å²) in [6.07, 6.45) is -1.24. The Bertz CT molecular complexity index is 1120. The first-order chi connectivity index (χ1) is 15.3. The number of ether oxygens (including phenoxy) is 1. The number of amides is 2. The number of carbonyl (C=O) groups excluding carboxylic acids is 3. The normalized spacial score (nSPS) is 11.4. The molecule has 3 aromatic carbocycles. The van der Waals surface area contributed by atoms with E-state index in [4.69, 9.17) is 33.7 Å². The number of nitrogens with two attached hydrogens (primary N) is 1. The van der Waals surface area contributed by atoms with E-state index in [1.54, 1.807) is 54.6 Å². The zero-order chi connectivity index (χ0) is 23.1. The molecule has 3 N–H and O–H groups in total. The van der Waals surface area contributed by atoms with Gasteiger partial charge in [-0.3, -0.25) is 9.59 Å². The van der Waals surface area contributed by atoms with Crippen LogP contribution in [0, 0.1) is 0 Å². The van der Waals surface area contributed by atoms with Gasteiger partial charge in [-0.05, 0) is 30.3 Å². The predicted molar refractivity (Wildman–Crippen MR) is 126 cm³/mol. The third-order valence-electron chi connectivity index (χ3n) is 4.17. The lowest BCUT2D eigenvalue weighted by atomic mass is 10.1. The Morgan fingerprint density at radius 1 is 0.938 bits per heavy atom. The molecule has 164 valence electrons. The molecular formula is C23H18Cl2N2O4S. The van der Waals surface area contributed by atoms with E-state index in [9.17, 15) is 14.4 Å². The molecule has 0 fully saturated rings. The number of carbonyl (C=O) groups is 3. The van der Waals surface area contributed by atoms with Gasteiger partial charge in [-0.25, -0.2) is 4.79 Å². The van der Waals surface area contributed by atoms with Crippen molar-refractivity contribution >= 4 is 58.4 Å². The molecule has 1 unspecified atom stereocenters. The van der Waals surface area contributed by atoms with Crippen LogP contribution in [0.3, 0.4) is 0 Å². The molecule has 0 radical (unpaired) electrons. The molecule has 0 bridgehead atoms. The van der Waals surface area contributed by atoms with Crippen molar-refractivity contribution in [3.05, 3.63) is 94.0 Å². The number of primary amides is 1. The lowest BCUT2D eigenvalue weighted by Gasteiger charge is -2.19. The second-order valence-electron chi connectivity index (χ2n) is 6.59. The number of rotatable bonds is 8. The molecular weight excluding hydrogens is 471 g/mol. The number of halogens is 2. The molecule has 32 heavy (non-hydrogen) atoms. The Morgan fingerprint density at radius 3 is 2.22 bits per heavy atom. The van der Waals surface area contributed by atoms with Crippen LogP contribution in [0.4, 0.5) is 5.69 Å². The standard InChI is InChI=1S/C23H18Cl2N2O4S/c24-15-10-16(25)12-17(11-15)27-22(29)21(14-6-2-1-3-7-14)31-23(30)18-8-4-5-9-19(18)32-13-20(26)28/h1-12,21H,13H2,(H2,26,28)(H,27,29). The summed E-state index contributed by atoms with van der Waals surface area (Å²) in [7, 11) is 0. The van der Waals surface area contributed by atoms with Crippen molar-refractivity contribution in [2.45, 2.75) is 11.0 Å². The Hall–Kier alpha value is -3.00. The van der Waals surface area contributed by atoms with Gasteiger partial charge in [0.25, 0.3) is 5.91 Å². The molecule has 6 nitrogen and oxygen atoms in total. The largest absolute Gasteiger partial charge is 0.444 e. The second kappa shape index (κ2) is 11.0. The Labute approximate surface area is 199 Å². The van der Waals surface area contributed by atoms with E-state index >= 15 is 0 Å². The van der Waals surface area contributed by atoms with Gasteiger partial charge in [0, 0.05) is 26.2 Å². The van der Waals surface area contributed by atoms with Crippen molar-refractivity contribution in [3.8, 4) is 0 Å². The quantitative estimate of drug-likeness (QED) is 0.339. The average Bonchev–Trinajstić information content (AvgIpc) is 2.76. The van der Waals surface area contributed by atoms with Gasteiger partial charge in [-0.15, -0.1) is 11.8 Å². The molecule has 0 aliphatic carbocycles. The van der Waals surface area contributed by atoms with E-state index in [-0.39, 0.29) is 11.3 Å². The first-order valence-corrected chi connectivity index (χ1v) is 11.1. The summed E-state index contributed by atoms with van der Waals surface area (Å²) in [6, 6.07) is 19.8. The first kappa shape index (κ1) is 23.7. The molecule has 0 spiro atoms. The van der Waals surface area contributed by atoms with Crippen LogP contribution in [0.15, 0.2) is 77.7 Å². The molecule has 3 aromatic rings. The highest BCUT2D eigenvalue weighted by molar-refractivity contribution is 8.00. The fraction of sp³-hybridized carbons (Fsp3) is 0.0870. The van der Waals surface area contributed by atoms with Crippen LogP contribution >= 0.6 is 35.0 Å². The van der Waals surface area contributed by atoms with Crippen LogP contribution in [0.2, 0.25) is 10.0 Å². The number of nitrogens with one attached hydrogen (secondary N) is 1. The van der Waals surface area contributed by atoms with Crippen molar-refractivity contribution < 1.29 is 19.1 Å². The third kappa shape index (κ3) is 6.50. The lowest BCUT2D eigenvalue weighted by molar-refractivity contribution is -0.125. The summed E-state index contributed by atoms with van der Waals surface area (Å²) in [5.41, 5.74) is 6.27. The Balaban J connectivity index is 1.86. The van der Waals surface area contributed by atoms with Gasteiger partial charge >= 0.3 is 5.97 Å². The minimum absolute atomic E-state index is 0.00240. The van der Waals surface area contributed by atoms with E-state index in [0.717, 1.165) is 11.8 Å². The van der Waals surface area contributed by atoms with Gasteiger partial charge in [0.05, 0.1) is 11.3 Å². The smallest absolute Gasteiger partial charge is 0.340 e. The molecule has 9 heteroatoms. The molecule has 0 heterocycles. The van der Waals surface area contributed by atoms with Crippen molar-refractivity contribution in [2.75, 3.05) is 11.1 Å². The molecule has 0 aliphatic rings. The maximum atomic E-state index is 13.1. The van der Waals surface area contributed by atoms with Crippen LogP contribution < -0.4 is 11.1 Å². The van der Waals surface area contributed by atoms with Crippen molar-refractivity contribution in [3.63, 3.8) is 0 Å². The van der Waals surface area contributed by atoms with Crippen LogP contribution in [0.1, 0.15) is 22.0 Å². The van der Waals surface area contributed by atoms with Gasteiger partial charge in [-0.2, -0.15) is 0 Å². The van der Waals surface area contributed by atoms with Crippen molar-refractivity contribution in [1.82, 2.24) is 0 Å². The molecule has 0 saturated carbocycles. The van der Waals surface area contributed by atoms with Crippen LogP contribution in [-0.2, 0) is 14.3 Å². The second-order valence-corrected chi connectivity index (χ2v) is 8.48. The zero-order valence-corrected chi connectivity index (χ0v) is 18.9. The van der Waals surface area contributed by atoms with Crippen molar-refractivity contribution in [1.29, 1.82) is 0 Å². The fourth-order valence-corrected chi connectivity index (χ4v) is 4.12. The summed E-state index contributed by atoms with van der Waals surface area (Å²) < 4.78 is 5.62. The zero-order valence-electron chi connectivity index (χ0n) is 16.6. The fourth-order valence-electron chi connectivity index (χ4n) is 2.82. The first-order valence-electron chi connectivity index (χ1n) is 9.36. The van der Waals surface area contributed by atoms with Gasteiger partial charge in [0.15, 0.2) is 0 Å². The number of hydrogen-bond acceptors (Lipinski definition) is 5. The highest BCUT2D eigenvalue weighted by Gasteiger charge is 2.27. The van der Waals surface area contributed by atoms with Crippen molar-refractivity contribution in [2.24, 2.45) is 5.73 Å². The summed E-state index contributed by atoms with van der Waals surface area (Å²) in [5.74, 6) is -1.81. The predicted octanol–water partition coefficient (Wildman–Crippen LogP) is 5.11. The topological polar surface area (TPSA) is 98.5 Å². The summed E-state index contributed by atoms with van der Waals surface area (Å²) in [6.45, 7) is 0. The molecule has 0 aromatic heterocycles. The third-order valence-corrected chi connectivity index (χ3v) is 5.70. The summed E-state index contributed by atoms with van der Waals surface area (Å²) in [4.78, 5) is 37.7. The average molecular weight is 489 g/mol. The van der Waals surface area contributed by atoms with E-state index in [2.05, 4.69) is 5.32 Å². The van der Waals surface area contributed by atoms with Gasteiger partial charge in [0.1, 0.15) is 0 Å². The highest BCUT2D eigenvalue weighted by atomic mass is 35.5. The monoisotopic (exact) mass is 488 g/mol. The Kier molecular flexibility index (Phi) is 8.16. The van der Waals surface area contributed by atoms with E-state index in [1.165, 1.54) is 18.2 Å². The minimum atomic E-state index is -1.24. The van der Waals surface area contributed by atoms with E-state index in [0.29, 0.717) is 26.2 Å². The number of thioether (sulfide) groups is 1. The maximum Gasteiger partial charge on any atom is 0.340 e. The van der Waals surface area contributed by atoms with E-state index < -0.39 is 23.9 Å². The Morgan fingerprint density at radius 2 is 1.56 bits per heavy atom. The molecule has 1 atom stereocenters. The number of esters is 1.